The molecular weight excluding hydrogens is 186 g/mol. The molecule has 2 heteroatoms. The third-order valence-corrected chi connectivity index (χ3v) is 3.59. The van der Waals surface area contributed by atoms with Crippen molar-refractivity contribution in [1.82, 2.24) is 5.32 Å². The van der Waals surface area contributed by atoms with Gasteiger partial charge >= 0.3 is 0 Å². The van der Waals surface area contributed by atoms with Gasteiger partial charge in [-0.15, -0.1) is 0 Å². The Labute approximate surface area is 93.5 Å². The molecule has 2 aliphatic carbocycles. The molecule has 2 N–H and O–H groups in total. The smallest absolute Gasteiger partial charge is 0.0667 e. The van der Waals surface area contributed by atoms with Gasteiger partial charge in [0.15, 0.2) is 0 Å². The van der Waals surface area contributed by atoms with Crippen LogP contribution >= 0.6 is 0 Å². The van der Waals surface area contributed by atoms with Crippen LogP contribution in [0.1, 0.15) is 46.0 Å². The second-order valence-corrected chi connectivity index (χ2v) is 5.89. The first kappa shape index (κ1) is 11.4. The van der Waals surface area contributed by atoms with E-state index in [2.05, 4.69) is 19.2 Å². The highest BCUT2D eigenvalue weighted by Gasteiger charge is 2.41. The summed E-state index contributed by atoms with van der Waals surface area (Å²) in [6.07, 6.45) is 6.42. The number of rotatable bonds is 7. The number of aliphatic hydroxyl groups is 1. The third-order valence-electron chi connectivity index (χ3n) is 3.59. The largest absolute Gasteiger partial charge is 0.392 e. The van der Waals surface area contributed by atoms with E-state index in [1.54, 1.807) is 0 Å². The van der Waals surface area contributed by atoms with Crippen LogP contribution in [-0.4, -0.2) is 23.8 Å². The lowest BCUT2D eigenvalue weighted by atomic mass is 10.0. The predicted molar refractivity (Wildman–Crippen MR) is 62.7 cm³/mol. The Morgan fingerprint density at radius 1 is 1.13 bits per heavy atom. The molecule has 0 amide bonds. The minimum Gasteiger partial charge on any atom is -0.392 e. The zero-order valence-corrected chi connectivity index (χ0v) is 10.1. The second-order valence-electron chi connectivity index (χ2n) is 5.89. The molecule has 2 saturated carbocycles. The summed E-state index contributed by atoms with van der Waals surface area (Å²) in [5.74, 6) is 2.47. The molecular formula is C13H25NO. The van der Waals surface area contributed by atoms with Gasteiger partial charge in [0.25, 0.3) is 0 Å². The minimum absolute atomic E-state index is 0.148. The summed E-state index contributed by atoms with van der Waals surface area (Å²) in [6.45, 7) is 5.14. The predicted octanol–water partition coefficient (Wildman–Crippen LogP) is 2.17. The average Bonchev–Trinajstić information content (AvgIpc) is 2.99. The Morgan fingerprint density at radius 3 is 2.07 bits per heavy atom. The quantitative estimate of drug-likeness (QED) is 0.676. The summed E-state index contributed by atoms with van der Waals surface area (Å²) in [4.78, 5) is 0. The van der Waals surface area contributed by atoms with Crippen molar-refractivity contribution in [2.75, 3.05) is 6.54 Å². The normalized spacial score (nSPS) is 23.8. The molecule has 0 aromatic carbocycles. The summed E-state index contributed by atoms with van der Waals surface area (Å²) < 4.78 is 0. The van der Waals surface area contributed by atoms with E-state index in [-0.39, 0.29) is 6.10 Å². The van der Waals surface area contributed by atoms with Crippen LogP contribution in [0.25, 0.3) is 0 Å². The summed E-state index contributed by atoms with van der Waals surface area (Å²) in [6, 6.07) is 0.729. The SMILES string of the molecule is CC(C)CC(O)CNC(C1CC1)C1CC1. The fourth-order valence-electron chi connectivity index (χ4n) is 2.53. The van der Waals surface area contributed by atoms with Crippen molar-refractivity contribution < 1.29 is 5.11 Å². The first-order valence-corrected chi connectivity index (χ1v) is 6.58. The Bertz CT molecular complexity index is 185. The first-order valence-electron chi connectivity index (χ1n) is 6.58. The minimum atomic E-state index is -0.148. The average molecular weight is 211 g/mol. The lowest BCUT2D eigenvalue weighted by molar-refractivity contribution is 0.139. The highest BCUT2D eigenvalue weighted by molar-refractivity contribution is 4.96. The number of hydrogen-bond acceptors (Lipinski definition) is 2. The van der Waals surface area contributed by atoms with E-state index in [4.69, 9.17) is 0 Å². The van der Waals surface area contributed by atoms with Crippen molar-refractivity contribution in [2.24, 2.45) is 17.8 Å². The van der Waals surface area contributed by atoms with Gasteiger partial charge in [0.05, 0.1) is 6.10 Å². The number of nitrogens with one attached hydrogen (secondary N) is 1. The van der Waals surface area contributed by atoms with Crippen LogP contribution in [0.3, 0.4) is 0 Å². The van der Waals surface area contributed by atoms with Crippen molar-refractivity contribution in [3.63, 3.8) is 0 Å². The summed E-state index contributed by atoms with van der Waals surface area (Å²) in [5, 5.41) is 13.4. The summed E-state index contributed by atoms with van der Waals surface area (Å²) in [7, 11) is 0. The molecule has 88 valence electrons. The molecule has 0 bridgehead atoms. The number of hydrogen-bond donors (Lipinski definition) is 2. The maximum Gasteiger partial charge on any atom is 0.0667 e. The van der Waals surface area contributed by atoms with E-state index in [9.17, 15) is 5.11 Å². The molecule has 0 spiro atoms. The van der Waals surface area contributed by atoms with Crippen LogP contribution in [-0.2, 0) is 0 Å². The fraction of sp³-hybridized carbons (Fsp3) is 1.00. The summed E-state index contributed by atoms with van der Waals surface area (Å²) >= 11 is 0. The fourth-order valence-corrected chi connectivity index (χ4v) is 2.53. The second kappa shape index (κ2) is 4.84. The standard InChI is InChI=1S/C13H25NO/c1-9(2)7-12(15)8-14-13(10-3-4-10)11-5-6-11/h9-15H,3-8H2,1-2H3. The highest BCUT2D eigenvalue weighted by atomic mass is 16.3. The molecule has 1 atom stereocenters. The van der Waals surface area contributed by atoms with Gasteiger partial charge in [0, 0.05) is 12.6 Å². The maximum absolute atomic E-state index is 9.81. The Balaban J connectivity index is 1.66. The van der Waals surface area contributed by atoms with Crippen LogP contribution in [0.15, 0.2) is 0 Å². The maximum atomic E-state index is 9.81. The van der Waals surface area contributed by atoms with Crippen molar-refractivity contribution >= 4 is 0 Å². The summed E-state index contributed by atoms with van der Waals surface area (Å²) in [5.41, 5.74) is 0. The molecule has 0 aliphatic heterocycles. The van der Waals surface area contributed by atoms with Gasteiger partial charge in [-0.1, -0.05) is 13.8 Å². The Hall–Kier alpha value is -0.0800. The first-order chi connectivity index (χ1) is 7.16. The van der Waals surface area contributed by atoms with Gasteiger partial charge in [0.2, 0.25) is 0 Å². The molecule has 0 saturated heterocycles. The van der Waals surface area contributed by atoms with E-state index >= 15 is 0 Å². The Kier molecular flexibility index (Phi) is 3.68. The van der Waals surface area contributed by atoms with Crippen LogP contribution in [0.4, 0.5) is 0 Å². The van der Waals surface area contributed by atoms with Crippen molar-refractivity contribution in [3.05, 3.63) is 0 Å². The molecule has 2 rings (SSSR count). The van der Waals surface area contributed by atoms with E-state index in [1.165, 1.54) is 25.7 Å². The van der Waals surface area contributed by atoms with Crippen LogP contribution in [0, 0.1) is 17.8 Å². The van der Waals surface area contributed by atoms with Gasteiger partial charge in [0.1, 0.15) is 0 Å². The molecule has 15 heavy (non-hydrogen) atoms. The van der Waals surface area contributed by atoms with Gasteiger partial charge in [-0.3, -0.25) is 0 Å². The topological polar surface area (TPSA) is 32.3 Å². The van der Waals surface area contributed by atoms with Crippen molar-refractivity contribution in [2.45, 2.75) is 58.1 Å². The molecule has 1 unspecified atom stereocenters. The lowest BCUT2D eigenvalue weighted by Gasteiger charge is -2.21. The van der Waals surface area contributed by atoms with Crippen LogP contribution in [0.5, 0.6) is 0 Å². The monoisotopic (exact) mass is 211 g/mol. The molecule has 2 aliphatic rings. The van der Waals surface area contributed by atoms with Crippen LogP contribution < -0.4 is 5.32 Å². The lowest BCUT2D eigenvalue weighted by Crippen LogP contribution is -2.38. The van der Waals surface area contributed by atoms with Gasteiger partial charge < -0.3 is 10.4 Å². The van der Waals surface area contributed by atoms with E-state index in [0.29, 0.717) is 5.92 Å². The van der Waals surface area contributed by atoms with Gasteiger partial charge in [-0.2, -0.15) is 0 Å². The van der Waals surface area contributed by atoms with Crippen LogP contribution in [0.2, 0.25) is 0 Å². The molecule has 0 heterocycles. The van der Waals surface area contributed by atoms with Crippen molar-refractivity contribution in [3.8, 4) is 0 Å². The van der Waals surface area contributed by atoms with Gasteiger partial charge in [-0.25, -0.2) is 0 Å². The molecule has 2 nitrogen and oxygen atoms in total. The van der Waals surface area contributed by atoms with E-state index in [1.807, 2.05) is 0 Å². The number of aliphatic hydroxyl groups excluding tert-OH is 1. The molecule has 0 aromatic heterocycles. The highest BCUT2D eigenvalue weighted by Crippen LogP contribution is 2.44. The van der Waals surface area contributed by atoms with E-state index in [0.717, 1.165) is 30.8 Å². The molecule has 0 radical (unpaired) electrons. The zero-order valence-electron chi connectivity index (χ0n) is 10.1. The molecule has 2 fully saturated rings. The van der Waals surface area contributed by atoms with Crippen molar-refractivity contribution in [1.29, 1.82) is 0 Å². The third kappa shape index (κ3) is 3.76. The van der Waals surface area contributed by atoms with E-state index < -0.39 is 0 Å². The Morgan fingerprint density at radius 2 is 1.67 bits per heavy atom. The van der Waals surface area contributed by atoms with Gasteiger partial charge in [-0.05, 0) is 49.9 Å². The molecule has 0 aromatic rings. The zero-order chi connectivity index (χ0) is 10.8.